The number of benzene rings is 1. The lowest BCUT2D eigenvalue weighted by molar-refractivity contribution is -0.140. The summed E-state index contributed by atoms with van der Waals surface area (Å²) >= 11 is 7.21. The molecular formula is C14H16ClNO3S. The van der Waals surface area contributed by atoms with Crippen LogP contribution < -0.4 is 5.32 Å². The van der Waals surface area contributed by atoms with Gasteiger partial charge < -0.3 is 10.4 Å². The predicted octanol–water partition coefficient (Wildman–Crippen LogP) is 2.95. The number of nitrogens with one attached hydrogen (secondary N) is 1. The van der Waals surface area contributed by atoms with Gasteiger partial charge in [0.05, 0.1) is 17.7 Å². The van der Waals surface area contributed by atoms with Crippen LogP contribution in [0.15, 0.2) is 29.2 Å². The second-order valence-corrected chi connectivity index (χ2v) is 6.48. The third-order valence-corrected chi connectivity index (χ3v) is 4.65. The summed E-state index contributed by atoms with van der Waals surface area (Å²) in [6.07, 6.45) is 2.47. The number of aliphatic carboxylic acids is 1. The highest BCUT2D eigenvalue weighted by Gasteiger charge is 2.40. The molecule has 1 amide bonds. The van der Waals surface area contributed by atoms with Crippen LogP contribution in [0, 0.1) is 0 Å². The van der Waals surface area contributed by atoms with Gasteiger partial charge in [0.25, 0.3) is 0 Å². The van der Waals surface area contributed by atoms with Gasteiger partial charge in [-0.3, -0.25) is 9.59 Å². The molecule has 4 nitrogen and oxygen atoms in total. The molecule has 6 heteroatoms. The van der Waals surface area contributed by atoms with E-state index in [4.69, 9.17) is 16.7 Å². The third-order valence-electron chi connectivity index (χ3n) is 3.39. The van der Waals surface area contributed by atoms with E-state index in [2.05, 4.69) is 5.32 Å². The van der Waals surface area contributed by atoms with E-state index < -0.39 is 11.5 Å². The van der Waals surface area contributed by atoms with Crippen LogP contribution in [0.5, 0.6) is 0 Å². The standard InChI is InChI=1S/C14H16ClNO3S/c15-10-2-4-11(5-3-10)20-9-12(17)16-14(6-1-7-14)8-13(18)19/h2-5H,1,6-9H2,(H,16,17)(H,18,19). The Labute approximate surface area is 126 Å². The number of hydrogen-bond acceptors (Lipinski definition) is 3. The van der Waals surface area contributed by atoms with E-state index in [0.717, 1.165) is 24.2 Å². The Hall–Kier alpha value is -1.20. The molecule has 1 aliphatic rings. The molecular weight excluding hydrogens is 298 g/mol. The van der Waals surface area contributed by atoms with Crippen molar-refractivity contribution in [3.8, 4) is 0 Å². The molecule has 2 rings (SSSR count). The molecule has 1 saturated carbocycles. The van der Waals surface area contributed by atoms with E-state index in [-0.39, 0.29) is 18.1 Å². The van der Waals surface area contributed by atoms with Gasteiger partial charge in [-0.1, -0.05) is 11.6 Å². The van der Waals surface area contributed by atoms with Crippen molar-refractivity contribution in [2.24, 2.45) is 0 Å². The number of rotatable bonds is 6. The van der Waals surface area contributed by atoms with Gasteiger partial charge in [0.1, 0.15) is 0 Å². The minimum Gasteiger partial charge on any atom is -0.481 e. The number of carboxylic acid groups (broad SMARTS) is 1. The maximum Gasteiger partial charge on any atom is 0.305 e. The molecule has 20 heavy (non-hydrogen) atoms. The van der Waals surface area contributed by atoms with Crippen molar-refractivity contribution in [3.05, 3.63) is 29.3 Å². The van der Waals surface area contributed by atoms with Crippen LogP contribution in [0.4, 0.5) is 0 Å². The average Bonchev–Trinajstić information content (AvgIpc) is 2.35. The van der Waals surface area contributed by atoms with Crippen LogP contribution in [0.2, 0.25) is 5.02 Å². The second-order valence-electron chi connectivity index (χ2n) is 5.00. The number of halogens is 1. The summed E-state index contributed by atoms with van der Waals surface area (Å²) in [5.41, 5.74) is -0.524. The van der Waals surface area contributed by atoms with Gasteiger partial charge in [-0.2, -0.15) is 0 Å². The molecule has 1 fully saturated rings. The first kappa shape index (κ1) is 15.2. The summed E-state index contributed by atoms with van der Waals surface area (Å²) in [5, 5.41) is 12.4. The quantitative estimate of drug-likeness (QED) is 0.792. The molecule has 0 saturated heterocycles. The Bertz CT molecular complexity index is 500. The minimum atomic E-state index is -0.865. The van der Waals surface area contributed by atoms with Gasteiger partial charge in [-0.15, -0.1) is 11.8 Å². The normalized spacial score (nSPS) is 16.2. The summed E-state index contributed by atoms with van der Waals surface area (Å²) in [6.45, 7) is 0. The Morgan fingerprint density at radius 1 is 1.30 bits per heavy atom. The molecule has 0 aromatic heterocycles. The molecule has 0 bridgehead atoms. The lowest BCUT2D eigenvalue weighted by atomic mass is 9.74. The summed E-state index contributed by atoms with van der Waals surface area (Å²) in [5.74, 6) is -0.704. The van der Waals surface area contributed by atoms with Crippen LogP contribution >= 0.6 is 23.4 Å². The number of thioether (sulfide) groups is 1. The zero-order valence-corrected chi connectivity index (χ0v) is 12.5. The zero-order valence-electron chi connectivity index (χ0n) is 10.9. The SMILES string of the molecule is O=C(O)CC1(NC(=O)CSc2ccc(Cl)cc2)CCC1. The highest BCUT2D eigenvalue weighted by atomic mass is 35.5. The highest BCUT2D eigenvalue weighted by Crippen LogP contribution is 2.35. The lowest BCUT2D eigenvalue weighted by Gasteiger charge is -2.41. The van der Waals surface area contributed by atoms with E-state index in [9.17, 15) is 9.59 Å². The molecule has 0 aliphatic heterocycles. The maximum absolute atomic E-state index is 11.9. The molecule has 1 aromatic carbocycles. The van der Waals surface area contributed by atoms with Crippen molar-refractivity contribution in [1.29, 1.82) is 0 Å². The Morgan fingerprint density at radius 2 is 1.95 bits per heavy atom. The molecule has 0 atom stereocenters. The predicted molar refractivity (Wildman–Crippen MR) is 79.2 cm³/mol. The van der Waals surface area contributed by atoms with Crippen molar-refractivity contribution in [1.82, 2.24) is 5.32 Å². The molecule has 1 aliphatic carbocycles. The van der Waals surface area contributed by atoms with Crippen LogP contribution in [-0.2, 0) is 9.59 Å². The van der Waals surface area contributed by atoms with E-state index in [1.807, 2.05) is 12.1 Å². The van der Waals surface area contributed by atoms with Crippen molar-refractivity contribution in [3.63, 3.8) is 0 Å². The van der Waals surface area contributed by atoms with E-state index >= 15 is 0 Å². The van der Waals surface area contributed by atoms with Gasteiger partial charge >= 0.3 is 5.97 Å². The fraction of sp³-hybridized carbons (Fsp3) is 0.429. The smallest absolute Gasteiger partial charge is 0.305 e. The van der Waals surface area contributed by atoms with Gasteiger partial charge in [0.2, 0.25) is 5.91 Å². The zero-order chi connectivity index (χ0) is 14.6. The fourth-order valence-corrected chi connectivity index (χ4v) is 3.07. The minimum absolute atomic E-state index is 0.00432. The van der Waals surface area contributed by atoms with Crippen molar-refractivity contribution >= 4 is 35.2 Å². The van der Waals surface area contributed by atoms with Crippen molar-refractivity contribution in [2.75, 3.05) is 5.75 Å². The summed E-state index contributed by atoms with van der Waals surface area (Å²) < 4.78 is 0. The number of hydrogen-bond donors (Lipinski definition) is 2. The Balaban J connectivity index is 1.83. The highest BCUT2D eigenvalue weighted by molar-refractivity contribution is 8.00. The van der Waals surface area contributed by atoms with E-state index in [1.165, 1.54) is 11.8 Å². The van der Waals surface area contributed by atoms with Crippen LogP contribution in [0.1, 0.15) is 25.7 Å². The number of carboxylic acids is 1. The fourth-order valence-electron chi connectivity index (χ4n) is 2.25. The summed E-state index contributed by atoms with van der Waals surface area (Å²) in [7, 11) is 0. The maximum atomic E-state index is 11.9. The van der Waals surface area contributed by atoms with Crippen LogP contribution in [0.3, 0.4) is 0 Å². The second kappa shape index (κ2) is 6.50. The van der Waals surface area contributed by atoms with Crippen LogP contribution in [-0.4, -0.2) is 28.3 Å². The van der Waals surface area contributed by atoms with Gasteiger partial charge in [0.15, 0.2) is 0 Å². The molecule has 0 heterocycles. The van der Waals surface area contributed by atoms with Crippen molar-refractivity contribution < 1.29 is 14.7 Å². The summed E-state index contributed by atoms with van der Waals surface area (Å²) in [6, 6.07) is 7.27. The Morgan fingerprint density at radius 3 is 2.45 bits per heavy atom. The van der Waals surface area contributed by atoms with Gasteiger partial charge in [0, 0.05) is 9.92 Å². The first-order valence-electron chi connectivity index (χ1n) is 6.40. The largest absolute Gasteiger partial charge is 0.481 e. The molecule has 108 valence electrons. The monoisotopic (exact) mass is 313 g/mol. The number of carbonyl (C=O) groups is 2. The topological polar surface area (TPSA) is 66.4 Å². The number of amides is 1. The molecule has 0 radical (unpaired) electrons. The first-order valence-corrected chi connectivity index (χ1v) is 7.77. The van der Waals surface area contributed by atoms with Crippen LogP contribution in [0.25, 0.3) is 0 Å². The first-order chi connectivity index (χ1) is 9.49. The van der Waals surface area contributed by atoms with Gasteiger partial charge in [-0.05, 0) is 43.5 Å². The van der Waals surface area contributed by atoms with E-state index in [1.54, 1.807) is 12.1 Å². The average molecular weight is 314 g/mol. The molecule has 1 aromatic rings. The van der Waals surface area contributed by atoms with E-state index in [0.29, 0.717) is 5.02 Å². The molecule has 0 spiro atoms. The Kier molecular flexibility index (Phi) is 4.94. The molecule has 0 unspecified atom stereocenters. The third kappa shape index (κ3) is 4.15. The van der Waals surface area contributed by atoms with Gasteiger partial charge in [-0.25, -0.2) is 0 Å². The summed E-state index contributed by atoms with van der Waals surface area (Å²) in [4.78, 5) is 23.7. The van der Waals surface area contributed by atoms with Crippen molar-refractivity contribution in [2.45, 2.75) is 36.1 Å². The lowest BCUT2D eigenvalue weighted by Crippen LogP contribution is -2.55. The number of carbonyl (C=O) groups excluding carboxylic acids is 1. The molecule has 2 N–H and O–H groups in total.